The Bertz CT molecular complexity index is 320. The predicted molar refractivity (Wildman–Crippen MR) is 62.7 cm³/mol. The zero-order valence-electron chi connectivity index (χ0n) is 9.82. The maximum Gasteiger partial charge on any atom is 0.123 e. The highest BCUT2D eigenvalue weighted by Gasteiger charge is 2.09. The van der Waals surface area contributed by atoms with Crippen molar-refractivity contribution >= 4 is 0 Å². The van der Waals surface area contributed by atoms with Crippen LogP contribution in [0.4, 0.5) is 4.39 Å². The molecule has 0 aromatic heterocycles. The number of hydrogen-bond donors (Lipinski definition) is 1. The van der Waals surface area contributed by atoms with E-state index in [9.17, 15) is 4.39 Å². The average Bonchev–Trinajstić information content (AvgIpc) is 2.26. The van der Waals surface area contributed by atoms with Crippen LogP contribution in [0.1, 0.15) is 11.6 Å². The summed E-state index contributed by atoms with van der Waals surface area (Å²) in [7, 11) is 3.64. The molecule has 2 N–H and O–H groups in total. The smallest absolute Gasteiger partial charge is 0.123 e. The van der Waals surface area contributed by atoms with Gasteiger partial charge in [-0.3, -0.25) is 0 Å². The van der Waals surface area contributed by atoms with E-state index >= 15 is 0 Å². The first-order chi connectivity index (χ1) is 7.63. The molecule has 16 heavy (non-hydrogen) atoms. The van der Waals surface area contributed by atoms with Gasteiger partial charge in [0.25, 0.3) is 0 Å². The van der Waals surface area contributed by atoms with Crippen molar-refractivity contribution in [3.63, 3.8) is 0 Å². The monoisotopic (exact) mass is 226 g/mol. The number of likely N-dealkylation sites (N-methyl/N-ethyl adjacent to an activating group) is 1. The van der Waals surface area contributed by atoms with E-state index in [-0.39, 0.29) is 11.9 Å². The largest absolute Gasteiger partial charge is 0.383 e. The van der Waals surface area contributed by atoms with Crippen molar-refractivity contribution in [3.05, 3.63) is 35.6 Å². The van der Waals surface area contributed by atoms with E-state index in [2.05, 4.69) is 4.90 Å². The molecule has 0 aliphatic carbocycles. The molecule has 1 aromatic carbocycles. The van der Waals surface area contributed by atoms with Gasteiger partial charge in [-0.1, -0.05) is 12.1 Å². The van der Waals surface area contributed by atoms with E-state index in [4.69, 9.17) is 10.5 Å². The maximum atomic E-state index is 13.0. The molecule has 0 aliphatic rings. The van der Waals surface area contributed by atoms with Crippen LogP contribution in [0.3, 0.4) is 0 Å². The molecule has 0 saturated heterocycles. The fourth-order valence-corrected chi connectivity index (χ4v) is 1.52. The first-order valence-corrected chi connectivity index (χ1v) is 5.32. The number of rotatable bonds is 6. The molecule has 1 aromatic rings. The minimum atomic E-state index is -0.243. The molecular formula is C12H19FN2O. The van der Waals surface area contributed by atoms with Crippen LogP contribution < -0.4 is 5.73 Å². The lowest BCUT2D eigenvalue weighted by atomic mass is 10.1. The van der Waals surface area contributed by atoms with Gasteiger partial charge in [0, 0.05) is 26.2 Å². The van der Waals surface area contributed by atoms with Gasteiger partial charge in [-0.05, 0) is 24.7 Å². The zero-order chi connectivity index (χ0) is 12.0. The highest BCUT2D eigenvalue weighted by atomic mass is 19.1. The van der Waals surface area contributed by atoms with Gasteiger partial charge in [0.05, 0.1) is 6.61 Å². The van der Waals surface area contributed by atoms with E-state index in [0.29, 0.717) is 13.2 Å². The Balaban J connectivity index is 2.48. The van der Waals surface area contributed by atoms with Crippen molar-refractivity contribution in [1.82, 2.24) is 4.90 Å². The number of hydrogen-bond acceptors (Lipinski definition) is 3. The quantitative estimate of drug-likeness (QED) is 0.797. The van der Waals surface area contributed by atoms with Gasteiger partial charge < -0.3 is 15.4 Å². The Morgan fingerprint density at radius 1 is 1.50 bits per heavy atom. The second kappa shape index (κ2) is 6.58. The topological polar surface area (TPSA) is 38.5 Å². The van der Waals surface area contributed by atoms with Gasteiger partial charge in [-0.2, -0.15) is 0 Å². The third kappa shape index (κ3) is 4.26. The summed E-state index contributed by atoms with van der Waals surface area (Å²) < 4.78 is 18.0. The lowest BCUT2D eigenvalue weighted by Crippen LogP contribution is -2.31. The summed E-state index contributed by atoms with van der Waals surface area (Å²) in [6.45, 7) is 2.18. The lowest BCUT2D eigenvalue weighted by Gasteiger charge is -2.21. The molecule has 1 rings (SSSR count). The molecule has 3 nitrogen and oxygen atoms in total. The number of halogens is 1. The molecule has 0 bridgehead atoms. The Labute approximate surface area is 96.0 Å². The van der Waals surface area contributed by atoms with Crippen LogP contribution in [0.15, 0.2) is 24.3 Å². The van der Waals surface area contributed by atoms with E-state index in [1.165, 1.54) is 12.1 Å². The molecule has 0 heterocycles. The molecule has 0 aliphatic heterocycles. The molecule has 0 saturated carbocycles. The number of nitrogens with zero attached hydrogens (tertiary/aromatic N) is 1. The van der Waals surface area contributed by atoms with Crippen molar-refractivity contribution < 1.29 is 9.13 Å². The van der Waals surface area contributed by atoms with E-state index in [1.807, 2.05) is 13.1 Å². The Kier molecular flexibility index (Phi) is 5.38. The summed E-state index contributed by atoms with van der Waals surface area (Å²) >= 11 is 0. The summed E-state index contributed by atoms with van der Waals surface area (Å²) in [4.78, 5) is 2.07. The van der Waals surface area contributed by atoms with Gasteiger partial charge in [0.15, 0.2) is 0 Å². The second-order valence-electron chi connectivity index (χ2n) is 3.92. The van der Waals surface area contributed by atoms with Crippen molar-refractivity contribution in [2.45, 2.75) is 6.04 Å². The van der Waals surface area contributed by atoms with Gasteiger partial charge in [0.1, 0.15) is 5.82 Å². The standard InChI is InChI=1S/C12H19FN2O/c1-15(6-7-16-2)9-12(14)10-4-3-5-11(13)8-10/h3-5,8,12H,6-7,9,14H2,1-2H3. The van der Waals surface area contributed by atoms with Crippen LogP contribution in [0.5, 0.6) is 0 Å². The molecular weight excluding hydrogens is 207 g/mol. The number of methoxy groups -OCH3 is 1. The van der Waals surface area contributed by atoms with Crippen LogP contribution >= 0.6 is 0 Å². The summed E-state index contributed by atoms with van der Waals surface area (Å²) in [5.41, 5.74) is 6.81. The number of ether oxygens (including phenoxy) is 1. The molecule has 1 atom stereocenters. The minimum absolute atomic E-state index is 0.169. The second-order valence-corrected chi connectivity index (χ2v) is 3.92. The number of benzene rings is 1. The average molecular weight is 226 g/mol. The van der Waals surface area contributed by atoms with Crippen LogP contribution in [0.2, 0.25) is 0 Å². The third-order valence-corrected chi connectivity index (χ3v) is 2.46. The Morgan fingerprint density at radius 3 is 2.88 bits per heavy atom. The van der Waals surface area contributed by atoms with E-state index in [1.54, 1.807) is 13.2 Å². The highest BCUT2D eigenvalue weighted by Crippen LogP contribution is 2.12. The number of nitrogens with two attached hydrogens (primary N) is 1. The molecule has 0 radical (unpaired) electrons. The first kappa shape index (κ1) is 13.1. The van der Waals surface area contributed by atoms with Crippen LogP contribution in [-0.2, 0) is 4.74 Å². The summed E-state index contributed by atoms with van der Waals surface area (Å²) in [6.07, 6.45) is 0. The highest BCUT2D eigenvalue weighted by molar-refractivity contribution is 5.20. The van der Waals surface area contributed by atoms with Gasteiger partial charge in [-0.25, -0.2) is 4.39 Å². The molecule has 0 amide bonds. The Morgan fingerprint density at radius 2 is 2.25 bits per heavy atom. The molecule has 90 valence electrons. The predicted octanol–water partition coefficient (Wildman–Crippen LogP) is 1.40. The molecule has 1 unspecified atom stereocenters. The van der Waals surface area contributed by atoms with Crippen molar-refractivity contribution in [3.8, 4) is 0 Å². The first-order valence-electron chi connectivity index (χ1n) is 5.32. The third-order valence-electron chi connectivity index (χ3n) is 2.46. The SMILES string of the molecule is COCCN(C)CC(N)c1cccc(F)c1. The van der Waals surface area contributed by atoms with Gasteiger partial charge in [0.2, 0.25) is 0 Å². The Hall–Kier alpha value is -0.970. The van der Waals surface area contributed by atoms with Crippen molar-refractivity contribution in [1.29, 1.82) is 0 Å². The van der Waals surface area contributed by atoms with Crippen LogP contribution in [0.25, 0.3) is 0 Å². The molecule has 4 heteroatoms. The van der Waals surface area contributed by atoms with Crippen molar-refractivity contribution in [2.75, 3.05) is 33.9 Å². The van der Waals surface area contributed by atoms with Gasteiger partial charge in [-0.15, -0.1) is 0 Å². The molecule has 0 fully saturated rings. The summed E-state index contributed by atoms with van der Waals surface area (Å²) in [5.74, 6) is -0.243. The maximum absolute atomic E-state index is 13.0. The summed E-state index contributed by atoms with van der Waals surface area (Å²) in [6, 6.07) is 6.26. The summed E-state index contributed by atoms with van der Waals surface area (Å²) in [5, 5.41) is 0. The van der Waals surface area contributed by atoms with Crippen LogP contribution in [0, 0.1) is 5.82 Å². The van der Waals surface area contributed by atoms with Gasteiger partial charge >= 0.3 is 0 Å². The van der Waals surface area contributed by atoms with Crippen molar-refractivity contribution in [2.24, 2.45) is 5.73 Å². The van der Waals surface area contributed by atoms with E-state index < -0.39 is 0 Å². The normalized spacial score (nSPS) is 13.1. The zero-order valence-corrected chi connectivity index (χ0v) is 9.82. The molecule has 0 spiro atoms. The fourth-order valence-electron chi connectivity index (χ4n) is 1.52. The van der Waals surface area contributed by atoms with E-state index in [0.717, 1.165) is 12.1 Å². The fraction of sp³-hybridized carbons (Fsp3) is 0.500. The lowest BCUT2D eigenvalue weighted by molar-refractivity contribution is 0.158. The minimum Gasteiger partial charge on any atom is -0.383 e. The van der Waals surface area contributed by atoms with Crippen LogP contribution in [-0.4, -0.2) is 38.8 Å².